The van der Waals surface area contributed by atoms with E-state index in [1.807, 2.05) is 6.07 Å². The van der Waals surface area contributed by atoms with Crippen molar-refractivity contribution >= 4 is 23.7 Å². The van der Waals surface area contributed by atoms with E-state index in [4.69, 9.17) is 16.7 Å². The summed E-state index contributed by atoms with van der Waals surface area (Å²) >= 11 is 5.82. The fraction of sp³-hybridized carbons (Fsp3) is 0. The van der Waals surface area contributed by atoms with Gasteiger partial charge < -0.3 is 5.11 Å². The van der Waals surface area contributed by atoms with E-state index in [0.29, 0.717) is 10.6 Å². The highest BCUT2D eigenvalue weighted by atomic mass is 35.5. The maximum atomic E-state index is 11.7. The number of carbonyl (C=O) groups excluding carboxylic acids is 1. The van der Waals surface area contributed by atoms with Crippen LogP contribution in [0.2, 0.25) is 5.02 Å². The van der Waals surface area contributed by atoms with Crippen LogP contribution in [0.15, 0.2) is 53.6 Å². The third kappa shape index (κ3) is 3.82. The van der Waals surface area contributed by atoms with Crippen LogP contribution in [0.1, 0.15) is 15.9 Å². The van der Waals surface area contributed by atoms with Crippen LogP contribution < -0.4 is 5.43 Å². The van der Waals surface area contributed by atoms with Gasteiger partial charge in [0, 0.05) is 10.6 Å². The Bertz CT molecular complexity index is 609. The Hall–Kier alpha value is -2.33. The van der Waals surface area contributed by atoms with Crippen molar-refractivity contribution in [1.82, 2.24) is 5.43 Å². The van der Waals surface area contributed by atoms with E-state index in [1.54, 1.807) is 18.2 Å². The second-order valence-electron chi connectivity index (χ2n) is 3.80. The number of aromatic hydroxyl groups is 1. The molecule has 0 aliphatic rings. The molecule has 4 nitrogen and oxygen atoms in total. The first kappa shape index (κ1) is 13.1. The first-order chi connectivity index (χ1) is 9.15. The molecule has 1 amide bonds. The van der Waals surface area contributed by atoms with Crippen molar-refractivity contribution in [2.45, 2.75) is 0 Å². The summed E-state index contributed by atoms with van der Waals surface area (Å²) in [5, 5.41) is 13.6. The first-order valence-corrected chi connectivity index (χ1v) is 5.91. The van der Waals surface area contributed by atoms with Crippen molar-refractivity contribution in [3.05, 3.63) is 64.7 Å². The second kappa shape index (κ2) is 6.02. The van der Waals surface area contributed by atoms with Gasteiger partial charge in [0.05, 0.1) is 6.21 Å². The lowest BCUT2D eigenvalue weighted by atomic mass is 10.2. The highest BCUT2D eigenvalue weighted by Crippen LogP contribution is 2.10. The fourth-order valence-electron chi connectivity index (χ4n) is 1.43. The summed E-state index contributed by atoms with van der Waals surface area (Å²) in [6.45, 7) is 0. The number of amides is 1. The summed E-state index contributed by atoms with van der Waals surface area (Å²) in [4.78, 5) is 11.7. The molecule has 0 saturated carbocycles. The number of hydrazone groups is 1. The van der Waals surface area contributed by atoms with Gasteiger partial charge in [0.25, 0.3) is 5.91 Å². The molecule has 0 bridgehead atoms. The van der Waals surface area contributed by atoms with E-state index in [9.17, 15) is 4.79 Å². The van der Waals surface area contributed by atoms with Gasteiger partial charge in [0.15, 0.2) is 0 Å². The van der Waals surface area contributed by atoms with Crippen molar-refractivity contribution in [1.29, 1.82) is 0 Å². The zero-order valence-electron chi connectivity index (χ0n) is 9.88. The topological polar surface area (TPSA) is 61.7 Å². The number of phenols is 1. The van der Waals surface area contributed by atoms with E-state index in [1.165, 1.54) is 30.5 Å². The summed E-state index contributed by atoms with van der Waals surface area (Å²) in [6, 6.07) is 13.0. The van der Waals surface area contributed by atoms with Gasteiger partial charge in [-0.25, -0.2) is 5.43 Å². The maximum Gasteiger partial charge on any atom is 0.271 e. The van der Waals surface area contributed by atoms with Crippen molar-refractivity contribution in [3.8, 4) is 5.75 Å². The lowest BCUT2D eigenvalue weighted by molar-refractivity contribution is 0.0955. The Morgan fingerprint density at radius 3 is 2.63 bits per heavy atom. The quantitative estimate of drug-likeness (QED) is 0.668. The molecule has 19 heavy (non-hydrogen) atoms. The van der Waals surface area contributed by atoms with E-state index >= 15 is 0 Å². The number of carbonyl (C=O) groups is 1. The summed E-state index contributed by atoms with van der Waals surface area (Å²) in [5.41, 5.74) is 3.60. The Morgan fingerprint density at radius 1 is 1.21 bits per heavy atom. The Kier molecular flexibility index (Phi) is 4.15. The first-order valence-electron chi connectivity index (χ1n) is 5.53. The summed E-state index contributed by atoms with van der Waals surface area (Å²) in [7, 11) is 0. The molecule has 0 spiro atoms. The number of nitrogens with zero attached hydrogens (tertiary/aromatic N) is 1. The number of phenolic OH excluding ortho intramolecular Hbond substituents is 1. The van der Waals surface area contributed by atoms with E-state index < -0.39 is 0 Å². The monoisotopic (exact) mass is 274 g/mol. The Labute approximate surface area is 115 Å². The van der Waals surface area contributed by atoms with Crippen LogP contribution in [0, 0.1) is 0 Å². The van der Waals surface area contributed by atoms with Crippen molar-refractivity contribution in [3.63, 3.8) is 0 Å². The predicted molar refractivity (Wildman–Crippen MR) is 74.6 cm³/mol. The number of hydrogen-bond donors (Lipinski definition) is 2. The van der Waals surface area contributed by atoms with Crippen molar-refractivity contribution in [2.24, 2.45) is 5.10 Å². The average molecular weight is 275 g/mol. The molecule has 0 atom stereocenters. The third-order valence-corrected chi connectivity index (χ3v) is 2.59. The van der Waals surface area contributed by atoms with Crippen LogP contribution in [0.4, 0.5) is 0 Å². The van der Waals surface area contributed by atoms with Gasteiger partial charge >= 0.3 is 0 Å². The van der Waals surface area contributed by atoms with Gasteiger partial charge in [-0.05, 0) is 42.0 Å². The molecule has 2 aromatic rings. The lowest BCUT2D eigenvalue weighted by Gasteiger charge is -2.00. The molecule has 0 unspecified atom stereocenters. The molecule has 0 aliphatic carbocycles. The normalized spacial score (nSPS) is 10.6. The number of nitrogens with one attached hydrogen (secondary N) is 1. The number of rotatable bonds is 3. The number of benzene rings is 2. The SMILES string of the molecule is O=C(N/N=C\c1cccc(Cl)c1)c1ccc(O)cc1. The standard InChI is InChI=1S/C14H11ClN2O2/c15-12-3-1-2-10(8-12)9-16-17-14(19)11-4-6-13(18)7-5-11/h1-9,18H,(H,17,19)/b16-9-. The Morgan fingerprint density at radius 2 is 1.95 bits per heavy atom. The molecule has 96 valence electrons. The highest BCUT2D eigenvalue weighted by Gasteiger charge is 2.03. The van der Waals surface area contributed by atoms with Crippen LogP contribution in [0.25, 0.3) is 0 Å². The molecule has 5 heteroatoms. The molecular formula is C14H11ClN2O2. The highest BCUT2D eigenvalue weighted by molar-refractivity contribution is 6.30. The molecule has 2 aromatic carbocycles. The van der Waals surface area contributed by atoms with Crippen LogP contribution >= 0.6 is 11.6 Å². The maximum absolute atomic E-state index is 11.7. The van der Waals surface area contributed by atoms with Gasteiger partial charge in [-0.2, -0.15) is 5.10 Å². The molecular weight excluding hydrogens is 264 g/mol. The Balaban J connectivity index is 1.98. The molecule has 0 aromatic heterocycles. The van der Waals surface area contributed by atoms with E-state index in [-0.39, 0.29) is 11.7 Å². The molecule has 0 aliphatic heterocycles. The predicted octanol–water partition coefficient (Wildman–Crippen LogP) is 2.81. The minimum atomic E-state index is -0.349. The largest absolute Gasteiger partial charge is 0.508 e. The van der Waals surface area contributed by atoms with Crippen LogP contribution in [-0.4, -0.2) is 17.2 Å². The molecule has 0 heterocycles. The number of halogens is 1. The van der Waals surface area contributed by atoms with Gasteiger partial charge in [0.2, 0.25) is 0 Å². The molecule has 0 radical (unpaired) electrons. The zero-order chi connectivity index (χ0) is 13.7. The van der Waals surface area contributed by atoms with Gasteiger partial charge in [0.1, 0.15) is 5.75 Å². The van der Waals surface area contributed by atoms with Crippen molar-refractivity contribution < 1.29 is 9.90 Å². The fourth-order valence-corrected chi connectivity index (χ4v) is 1.63. The third-order valence-electron chi connectivity index (χ3n) is 2.36. The van der Waals surface area contributed by atoms with Crippen LogP contribution in [0.5, 0.6) is 5.75 Å². The van der Waals surface area contributed by atoms with Crippen LogP contribution in [-0.2, 0) is 0 Å². The minimum Gasteiger partial charge on any atom is -0.508 e. The zero-order valence-corrected chi connectivity index (χ0v) is 10.6. The minimum absolute atomic E-state index is 0.110. The summed E-state index contributed by atoms with van der Waals surface area (Å²) in [6.07, 6.45) is 1.50. The van der Waals surface area contributed by atoms with E-state index in [2.05, 4.69) is 10.5 Å². The van der Waals surface area contributed by atoms with Crippen molar-refractivity contribution in [2.75, 3.05) is 0 Å². The molecule has 0 saturated heterocycles. The van der Waals surface area contributed by atoms with E-state index in [0.717, 1.165) is 5.56 Å². The average Bonchev–Trinajstić information content (AvgIpc) is 2.39. The molecule has 0 fully saturated rings. The van der Waals surface area contributed by atoms with Gasteiger partial charge in [-0.15, -0.1) is 0 Å². The molecule has 2 rings (SSSR count). The lowest BCUT2D eigenvalue weighted by Crippen LogP contribution is -2.17. The smallest absolute Gasteiger partial charge is 0.271 e. The summed E-state index contributed by atoms with van der Waals surface area (Å²) < 4.78 is 0. The summed E-state index contributed by atoms with van der Waals surface area (Å²) in [5.74, 6) is -0.239. The van der Waals surface area contributed by atoms with Crippen LogP contribution in [0.3, 0.4) is 0 Å². The number of hydrogen-bond acceptors (Lipinski definition) is 3. The second-order valence-corrected chi connectivity index (χ2v) is 4.24. The van der Waals surface area contributed by atoms with Gasteiger partial charge in [-0.1, -0.05) is 23.7 Å². The van der Waals surface area contributed by atoms with Gasteiger partial charge in [-0.3, -0.25) is 4.79 Å². The molecule has 2 N–H and O–H groups in total.